The summed E-state index contributed by atoms with van der Waals surface area (Å²) in [6, 6.07) is 6.36. The topological polar surface area (TPSA) is 64.0 Å². The van der Waals surface area contributed by atoms with Gasteiger partial charge in [-0.2, -0.15) is 0 Å². The Morgan fingerprint density at radius 2 is 2.21 bits per heavy atom. The van der Waals surface area contributed by atoms with Crippen molar-refractivity contribution >= 4 is 27.5 Å². The third-order valence-corrected chi connectivity index (χ3v) is 3.22. The zero-order chi connectivity index (χ0) is 13.8. The van der Waals surface area contributed by atoms with Gasteiger partial charge in [0.05, 0.1) is 11.3 Å². The van der Waals surface area contributed by atoms with Crippen LogP contribution in [0.1, 0.15) is 17.3 Å². The van der Waals surface area contributed by atoms with Crippen molar-refractivity contribution < 1.29 is 4.79 Å². The lowest BCUT2D eigenvalue weighted by molar-refractivity contribution is 0.102. The number of nitrogens with one attached hydrogen (secondary N) is 1. The van der Waals surface area contributed by atoms with Gasteiger partial charge in [0.15, 0.2) is 0 Å². The van der Waals surface area contributed by atoms with Crippen LogP contribution in [0.3, 0.4) is 0 Å². The summed E-state index contributed by atoms with van der Waals surface area (Å²) in [7, 11) is 0. The van der Waals surface area contributed by atoms with Crippen molar-refractivity contribution in [1.82, 2.24) is 9.55 Å². The minimum atomic E-state index is -0.277. The highest BCUT2D eigenvalue weighted by molar-refractivity contribution is 9.10. The van der Waals surface area contributed by atoms with Gasteiger partial charge in [-0.1, -0.05) is 0 Å². The van der Waals surface area contributed by atoms with E-state index in [-0.39, 0.29) is 11.5 Å². The summed E-state index contributed by atoms with van der Waals surface area (Å²) < 4.78 is 2.00. The molecule has 98 valence electrons. The van der Waals surface area contributed by atoms with E-state index in [1.54, 1.807) is 30.6 Å². The molecule has 5 nitrogen and oxygen atoms in total. The van der Waals surface area contributed by atoms with Crippen molar-refractivity contribution in [2.24, 2.45) is 0 Å². The van der Waals surface area contributed by atoms with Crippen molar-refractivity contribution in [2.45, 2.75) is 13.5 Å². The van der Waals surface area contributed by atoms with Gasteiger partial charge in [-0.25, -0.2) is 4.98 Å². The normalized spacial score (nSPS) is 10.2. The Morgan fingerprint density at radius 1 is 1.42 bits per heavy atom. The minimum Gasteiger partial charge on any atom is -0.321 e. The lowest BCUT2D eigenvalue weighted by Gasteiger charge is -2.08. The van der Waals surface area contributed by atoms with Gasteiger partial charge in [-0.3, -0.25) is 9.59 Å². The second-order valence-corrected chi connectivity index (χ2v) is 4.59. The number of hydrogen-bond acceptors (Lipinski definition) is 3. The maximum Gasteiger partial charge on any atom is 0.258 e. The second-order valence-electron chi connectivity index (χ2n) is 3.84. The third-order valence-electron chi connectivity index (χ3n) is 2.59. The van der Waals surface area contributed by atoms with Crippen LogP contribution in [-0.4, -0.2) is 15.5 Å². The SMILES string of the molecule is CCn1cc(NC(=O)c2cccnc2Br)ccc1=O. The highest BCUT2D eigenvalue weighted by atomic mass is 79.9. The predicted octanol–water partition coefficient (Wildman–Crippen LogP) is 2.28. The molecule has 0 bridgehead atoms. The van der Waals surface area contributed by atoms with Crippen molar-refractivity contribution in [3.63, 3.8) is 0 Å². The van der Waals surface area contributed by atoms with Crippen molar-refractivity contribution in [2.75, 3.05) is 5.32 Å². The molecule has 0 atom stereocenters. The zero-order valence-electron chi connectivity index (χ0n) is 10.3. The Balaban J connectivity index is 2.24. The lowest BCUT2D eigenvalue weighted by atomic mass is 10.2. The number of anilines is 1. The van der Waals surface area contributed by atoms with Gasteiger partial charge in [-0.05, 0) is 41.1 Å². The number of nitrogens with zero attached hydrogens (tertiary/aromatic N) is 2. The molecule has 0 aliphatic carbocycles. The molecule has 19 heavy (non-hydrogen) atoms. The molecule has 0 aliphatic rings. The smallest absolute Gasteiger partial charge is 0.258 e. The third kappa shape index (κ3) is 3.08. The number of hydrogen-bond donors (Lipinski definition) is 1. The van der Waals surface area contributed by atoms with Gasteiger partial charge >= 0.3 is 0 Å². The molecule has 0 aromatic carbocycles. The molecule has 0 saturated carbocycles. The monoisotopic (exact) mass is 321 g/mol. The van der Waals surface area contributed by atoms with E-state index in [1.807, 2.05) is 6.92 Å². The van der Waals surface area contributed by atoms with E-state index >= 15 is 0 Å². The average Bonchev–Trinajstić information content (AvgIpc) is 2.41. The predicted molar refractivity (Wildman–Crippen MR) is 76.3 cm³/mol. The first-order chi connectivity index (χ1) is 9.11. The first kappa shape index (κ1) is 13.5. The second kappa shape index (κ2) is 5.79. The molecular weight excluding hydrogens is 310 g/mol. The van der Waals surface area contributed by atoms with Crippen molar-refractivity contribution in [3.8, 4) is 0 Å². The van der Waals surface area contributed by atoms with Crippen LogP contribution >= 0.6 is 15.9 Å². The molecule has 0 aliphatic heterocycles. The Bertz CT molecular complexity index is 667. The van der Waals surface area contributed by atoms with Gasteiger partial charge in [0.1, 0.15) is 4.60 Å². The minimum absolute atomic E-state index is 0.0944. The molecular formula is C13H12BrN3O2. The van der Waals surface area contributed by atoms with E-state index in [0.717, 1.165) is 0 Å². The first-order valence-corrected chi connectivity index (χ1v) is 6.53. The van der Waals surface area contributed by atoms with Crippen LogP contribution in [0.4, 0.5) is 5.69 Å². The molecule has 2 heterocycles. The molecule has 2 aromatic rings. The number of aryl methyl sites for hydroxylation is 1. The Kier molecular flexibility index (Phi) is 4.11. The summed E-state index contributed by atoms with van der Waals surface area (Å²) in [6.45, 7) is 2.42. The number of halogens is 1. The molecule has 1 amide bonds. The highest BCUT2D eigenvalue weighted by Gasteiger charge is 2.10. The van der Waals surface area contributed by atoms with Crippen LogP contribution in [0.2, 0.25) is 0 Å². The number of rotatable bonds is 3. The van der Waals surface area contributed by atoms with E-state index in [0.29, 0.717) is 22.4 Å². The number of aromatic nitrogens is 2. The molecule has 6 heteroatoms. The summed E-state index contributed by atoms with van der Waals surface area (Å²) in [6.07, 6.45) is 3.21. The number of carbonyl (C=O) groups excluding carboxylic acids is 1. The quantitative estimate of drug-likeness (QED) is 0.882. The molecule has 0 radical (unpaired) electrons. The van der Waals surface area contributed by atoms with E-state index in [9.17, 15) is 9.59 Å². The fourth-order valence-electron chi connectivity index (χ4n) is 1.61. The summed E-state index contributed by atoms with van der Waals surface area (Å²) in [4.78, 5) is 27.5. The zero-order valence-corrected chi connectivity index (χ0v) is 11.8. The fraction of sp³-hybridized carbons (Fsp3) is 0.154. The number of pyridine rings is 2. The van der Waals surface area contributed by atoms with E-state index in [4.69, 9.17) is 0 Å². The van der Waals surface area contributed by atoms with Gasteiger partial charge in [0.2, 0.25) is 0 Å². The highest BCUT2D eigenvalue weighted by Crippen LogP contribution is 2.14. The van der Waals surface area contributed by atoms with Crippen LogP contribution in [0.5, 0.6) is 0 Å². The van der Waals surface area contributed by atoms with Gasteiger partial charge in [0.25, 0.3) is 11.5 Å². The largest absolute Gasteiger partial charge is 0.321 e. The van der Waals surface area contributed by atoms with E-state index < -0.39 is 0 Å². The van der Waals surface area contributed by atoms with Crippen LogP contribution in [0.25, 0.3) is 0 Å². The van der Waals surface area contributed by atoms with Gasteiger partial charge in [0, 0.05) is 25.0 Å². The molecule has 0 unspecified atom stereocenters. The Morgan fingerprint density at radius 3 is 2.89 bits per heavy atom. The molecule has 2 rings (SSSR count). The average molecular weight is 322 g/mol. The Hall–Kier alpha value is -1.95. The molecule has 0 fully saturated rings. The lowest BCUT2D eigenvalue weighted by Crippen LogP contribution is -2.20. The summed E-state index contributed by atoms with van der Waals surface area (Å²) in [5.74, 6) is -0.277. The van der Waals surface area contributed by atoms with Crippen LogP contribution < -0.4 is 10.9 Å². The standard InChI is InChI=1S/C13H12BrN3O2/c1-2-17-8-9(5-6-11(17)18)16-13(19)10-4-3-7-15-12(10)14/h3-8H,2H2,1H3,(H,16,19). The maximum atomic E-state index is 12.1. The van der Waals surface area contributed by atoms with E-state index in [2.05, 4.69) is 26.2 Å². The van der Waals surface area contributed by atoms with Gasteiger partial charge < -0.3 is 9.88 Å². The van der Waals surface area contributed by atoms with Gasteiger partial charge in [-0.15, -0.1) is 0 Å². The van der Waals surface area contributed by atoms with Crippen molar-refractivity contribution in [1.29, 1.82) is 0 Å². The van der Waals surface area contributed by atoms with E-state index in [1.165, 1.54) is 10.6 Å². The summed E-state index contributed by atoms with van der Waals surface area (Å²) in [5, 5.41) is 2.73. The van der Waals surface area contributed by atoms with Crippen LogP contribution in [0, 0.1) is 0 Å². The van der Waals surface area contributed by atoms with Crippen LogP contribution in [-0.2, 0) is 6.54 Å². The Labute approximate surface area is 118 Å². The maximum absolute atomic E-state index is 12.1. The molecule has 2 aromatic heterocycles. The summed E-state index contributed by atoms with van der Waals surface area (Å²) in [5.41, 5.74) is 0.919. The molecule has 1 N–H and O–H groups in total. The fourth-order valence-corrected chi connectivity index (χ4v) is 2.04. The van der Waals surface area contributed by atoms with Crippen molar-refractivity contribution in [3.05, 3.63) is 57.2 Å². The molecule has 0 spiro atoms. The first-order valence-electron chi connectivity index (χ1n) is 5.74. The van der Waals surface area contributed by atoms with Crippen LogP contribution in [0.15, 0.2) is 46.1 Å². The number of amides is 1. The summed E-state index contributed by atoms with van der Waals surface area (Å²) >= 11 is 3.22. The molecule has 0 saturated heterocycles. The number of carbonyl (C=O) groups is 1.